The van der Waals surface area contributed by atoms with Gasteiger partial charge in [0.15, 0.2) is 0 Å². The van der Waals surface area contributed by atoms with E-state index < -0.39 is 0 Å². The second kappa shape index (κ2) is 11.3. The van der Waals surface area contributed by atoms with Crippen LogP contribution in [0.25, 0.3) is 0 Å². The van der Waals surface area contributed by atoms with Crippen molar-refractivity contribution in [2.45, 2.75) is 115 Å². The zero-order valence-electron chi connectivity index (χ0n) is 17.8. The molecule has 4 amide bonds. The van der Waals surface area contributed by atoms with Gasteiger partial charge in [0.1, 0.15) is 6.17 Å². The Bertz CT molecular complexity index is 570. The Kier molecular flexibility index (Phi) is 8.52. The summed E-state index contributed by atoms with van der Waals surface area (Å²) in [7, 11) is 0. The van der Waals surface area contributed by atoms with E-state index in [1.807, 2.05) is 4.90 Å². The number of carbonyl (C=O) groups excluding carboxylic acids is 2. The van der Waals surface area contributed by atoms with Crippen LogP contribution in [-0.4, -0.2) is 35.2 Å². The topological polar surface area (TPSA) is 73.5 Å². The lowest BCUT2D eigenvalue weighted by molar-refractivity contribution is 0.0710. The molecule has 0 aliphatic heterocycles. The van der Waals surface area contributed by atoms with Gasteiger partial charge in [-0.3, -0.25) is 5.32 Å². The summed E-state index contributed by atoms with van der Waals surface area (Å²) in [6.07, 6.45) is 21.8. The number of hydrogen-bond acceptors (Lipinski definition) is 2. The van der Waals surface area contributed by atoms with E-state index in [0.29, 0.717) is 0 Å². The van der Waals surface area contributed by atoms with Crippen molar-refractivity contribution >= 4 is 12.1 Å². The van der Waals surface area contributed by atoms with Crippen LogP contribution in [0, 0.1) is 18.4 Å². The Labute approximate surface area is 175 Å². The standard InChI is InChI=1S/C23H38N4O2/c1-2-24-23(29)27(20-16-10-5-11-17-20)21(18-12-6-3-7-13-18)26-22(28)25-19-14-8-4-9-15-19/h1,18-21H,3-17H2,(H,24,29)(H2,25,26,28). The fraction of sp³-hybridized carbons (Fsp3) is 0.826. The molecule has 3 rings (SSSR count). The van der Waals surface area contributed by atoms with E-state index >= 15 is 0 Å². The minimum absolute atomic E-state index is 0.137. The van der Waals surface area contributed by atoms with Crippen molar-refractivity contribution in [1.29, 1.82) is 0 Å². The maximum absolute atomic E-state index is 13.0. The Balaban J connectivity index is 1.75. The van der Waals surface area contributed by atoms with Crippen LogP contribution in [0.5, 0.6) is 0 Å². The number of amides is 4. The van der Waals surface area contributed by atoms with Crippen LogP contribution in [0.1, 0.15) is 96.3 Å². The van der Waals surface area contributed by atoms with Crippen LogP contribution < -0.4 is 16.0 Å². The van der Waals surface area contributed by atoms with Crippen molar-refractivity contribution in [1.82, 2.24) is 20.9 Å². The predicted molar refractivity (Wildman–Crippen MR) is 115 cm³/mol. The van der Waals surface area contributed by atoms with Crippen molar-refractivity contribution in [3.8, 4) is 12.5 Å². The van der Waals surface area contributed by atoms with Crippen LogP contribution in [-0.2, 0) is 0 Å². The minimum Gasteiger partial charge on any atom is -0.335 e. The summed E-state index contributed by atoms with van der Waals surface area (Å²) in [6.45, 7) is 0. The second-order valence-electron chi connectivity index (χ2n) is 9.07. The van der Waals surface area contributed by atoms with Gasteiger partial charge in [-0.25, -0.2) is 9.59 Å². The van der Waals surface area contributed by atoms with Crippen LogP contribution in [0.2, 0.25) is 0 Å². The highest BCUT2D eigenvalue weighted by molar-refractivity contribution is 5.79. The lowest BCUT2D eigenvalue weighted by Gasteiger charge is -2.44. The first-order chi connectivity index (χ1) is 14.2. The van der Waals surface area contributed by atoms with E-state index in [1.165, 1.54) is 32.1 Å². The Morgan fingerprint density at radius 3 is 1.97 bits per heavy atom. The SMILES string of the molecule is C#CNC(=O)N(C1CCCCC1)C(NC(=O)NC1CCCCC1)C1CCCCC1. The lowest BCUT2D eigenvalue weighted by atomic mass is 9.85. The van der Waals surface area contributed by atoms with E-state index in [2.05, 4.69) is 22.0 Å². The number of terminal acetylenes is 1. The van der Waals surface area contributed by atoms with Gasteiger partial charge in [-0.05, 0) is 44.4 Å². The molecule has 162 valence electrons. The first-order valence-corrected chi connectivity index (χ1v) is 11.8. The van der Waals surface area contributed by atoms with Gasteiger partial charge in [0.2, 0.25) is 0 Å². The number of carbonyl (C=O) groups is 2. The van der Waals surface area contributed by atoms with Gasteiger partial charge in [0.25, 0.3) is 0 Å². The summed E-state index contributed by atoms with van der Waals surface area (Å²) in [6, 6.07) is 2.30. The Morgan fingerprint density at radius 2 is 1.38 bits per heavy atom. The highest BCUT2D eigenvalue weighted by Gasteiger charge is 2.37. The first-order valence-electron chi connectivity index (χ1n) is 11.8. The summed E-state index contributed by atoms with van der Waals surface area (Å²) >= 11 is 0. The number of rotatable bonds is 5. The van der Waals surface area contributed by atoms with Gasteiger partial charge in [-0.2, -0.15) is 0 Å². The lowest BCUT2D eigenvalue weighted by Crippen LogP contribution is -2.62. The van der Waals surface area contributed by atoms with Crippen LogP contribution in [0.15, 0.2) is 0 Å². The normalized spacial score (nSPS) is 22.9. The van der Waals surface area contributed by atoms with Gasteiger partial charge in [0, 0.05) is 18.1 Å². The second-order valence-corrected chi connectivity index (χ2v) is 9.07. The molecule has 0 aromatic carbocycles. The minimum atomic E-state index is -0.296. The molecule has 0 saturated heterocycles. The monoisotopic (exact) mass is 402 g/mol. The fourth-order valence-corrected chi connectivity index (χ4v) is 5.48. The summed E-state index contributed by atoms with van der Waals surface area (Å²) in [5, 5.41) is 8.95. The van der Waals surface area contributed by atoms with Crippen LogP contribution in [0.3, 0.4) is 0 Å². The smallest absolute Gasteiger partial charge is 0.330 e. The molecule has 1 atom stereocenters. The van der Waals surface area contributed by atoms with E-state index in [1.54, 1.807) is 0 Å². The predicted octanol–water partition coefficient (Wildman–Crippen LogP) is 4.46. The third kappa shape index (κ3) is 6.29. The molecule has 3 saturated carbocycles. The summed E-state index contributed by atoms with van der Waals surface area (Å²) < 4.78 is 0. The molecular weight excluding hydrogens is 364 g/mol. The van der Waals surface area contributed by atoms with Gasteiger partial charge in [0.05, 0.1) is 0 Å². The Morgan fingerprint density at radius 1 is 0.828 bits per heavy atom. The van der Waals surface area contributed by atoms with Crippen molar-refractivity contribution in [2.75, 3.05) is 0 Å². The van der Waals surface area contributed by atoms with Crippen molar-refractivity contribution in [3.05, 3.63) is 0 Å². The van der Waals surface area contributed by atoms with Gasteiger partial charge >= 0.3 is 12.1 Å². The quantitative estimate of drug-likeness (QED) is 0.361. The molecule has 1 unspecified atom stereocenters. The molecule has 0 spiro atoms. The summed E-state index contributed by atoms with van der Waals surface area (Å²) in [5.41, 5.74) is 0. The average Bonchev–Trinajstić information content (AvgIpc) is 2.75. The van der Waals surface area contributed by atoms with Gasteiger partial charge in [-0.15, -0.1) is 0 Å². The van der Waals surface area contributed by atoms with Crippen molar-refractivity contribution in [2.24, 2.45) is 5.92 Å². The fourth-order valence-electron chi connectivity index (χ4n) is 5.48. The maximum Gasteiger partial charge on any atom is 0.330 e. The highest BCUT2D eigenvalue weighted by atomic mass is 16.2. The number of urea groups is 2. The van der Waals surface area contributed by atoms with E-state index in [9.17, 15) is 9.59 Å². The molecule has 3 aliphatic carbocycles. The first kappa shape index (κ1) is 21.8. The highest BCUT2D eigenvalue weighted by Crippen LogP contribution is 2.32. The number of nitrogens with zero attached hydrogens (tertiary/aromatic N) is 1. The van der Waals surface area contributed by atoms with Crippen molar-refractivity contribution in [3.63, 3.8) is 0 Å². The third-order valence-electron chi connectivity index (χ3n) is 7.00. The van der Waals surface area contributed by atoms with Gasteiger partial charge < -0.3 is 15.5 Å². The zero-order valence-corrected chi connectivity index (χ0v) is 17.8. The molecular formula is C23H38N4O2. The van der Waals surface area contributed by atoms with E-state index in [0.717, 1.165) is 64.2 Å². The maximum atomic E-state index is 13.0. The van der Waals surface area contributed by atoms with E-state index in [4.69, 9.17) is 6.42 Å². The largest absolute Gasteiger partial charge is 0.335 e. The third-order valence-corrected chi connectivity index (χ3v) is 7.00. The number of nitrogens with one attached hydrogen (secondary N) is 3. The van der Waals surface area contributed by atoms with E-state index in [-0.39, 0.29) is 36.2 Å². The van der Waals surface area contributed by atoms with Crippen LogP contribution in [0.4, 0.5) is 9.59 Å². The summed E-state index contributed by atoms with van der Waals surface area (Å²) in [4.78, 5) is 27.8. The average molecular weight is 403 g/mol. The molecule has 0 aromatic heterocycles. The molecule has 3 fully saturated rings. The molecule has 29 heavy (non-hydrogen) atoms. The molecule has 6 heteroatoms. The molecule has 0 bridgehead atoms. The molecule has 3 N–H and O–H groups in total. The van der Waals surface area contributed by atoms with Gasteiger partial charge in [-0.1, -0.05) is 64.2 Å². The molecule has 6 nitrogen and oxygen atoms in total. The zero-order chi connectivity index (χ0) is 20.5. The number of hydrogen-bond donors (Lipinski definition) is 3. The molecule has 0 heterocycles. The van der Waals surface area contributed by atoms with Crippen molar-refractivity contribution < 1.29 is 9.59 Å². The molecule has 0 aromatic rings. The summed E-state index contributed by atoms with van der Waals surface area (Å²) in [5.74, 6) is 0.284. The molecule has 3 aliphatic rings. The van der Waals surface area contributed by atoms with Crippen LogP contribution >= 0.6 is 0 Å². The molecule has 0 radical (unpaired) electrons. The Hall–Kier alpha value is -1.90.